The predicted molar refractivity (Wildman–Crippen MR) is 89.0 cm³/mol. The number of ether oxygens (including phenoxy) is 1. The predicted octanol–water partition coefficient (Wildman–Crippen LogP) is 3.50. The van der Waals surface area contributed by atoms with E-state index in [0.717, 1.165) is 11.3 Å². The first-order chi connectivity index (χ1) is 10.4. The number of nitrogen functional groups attached to an aromatic ring is 1. The van der Waals surface area contributed by atoms with Crippen LogP contribution >= 0.6 is 22.9 Å². The highest BCUT2D eigenvalue weighted by atomic mass is 35.5. The van der Waals surface area contributed by atoms with Crippen LogP contribution in [0.4, 0.5) is 5.13 Å². The van der Waals surface area contributed by atoms with Crippen LogP contribution in [0.5, 0.6) is 0 Å². The highest BCUT2D eigenvalue weighted by molar-refractivity contribution is 7.17. The molecule has 0 fully saturated rings. The average molecular weight is 341 g/mol. The Kier molecular flexibility index (Phi) is 5.20. The molecule has 2 rings (SSSR count). The van der Waals surface area contributed by atoms with Crippen LogP contribution in [0.25, 0.3) is 12.2 Å². The summed E-state index contributed by atoms with van der Waals surface area (Å²) < 4.78 is 6.84. The van der Waals surface area contributed by atoms with Crippen LogP contribution in [0.3, 0.4) is 0 Å². The molecule has 0 radical (unpaired) electrons. The van der Waals surface area contributed by atoms with Gasteiger partial charge in [0.15, 0.2) is 5.13 Å². The summed E-state index contributed by atoms with van der Waals surface area (Å²) in [5, 5.41) is 0.841. The van der Waals surface area contributed by atoms with Crippen molar-refractivity contribution in [3.63, 3.8) is 0 Å². The maximum Gasteiger partial charge on any atom is 0.350 e. The SMILES string of the molecule is CCOC(=O)c1sc(N)nc1/C=C/c1ncn(C(C)C)c1Cl. The maximum atomic E-state index is 11.9. The first kappa shape index (κ1) is 16.5. The fourth-order valence-electron chi connectivity index (χ4n) is 1.80. The Labute approximate surface area is 137 Å². The number of hydrogen-bond acceptors (Lipinski definition) is 6. The van der Waals surface area contributed by atoms with E-state index in [1.54, 1.807) is 25.4 Å². The summed E-state index contributed by atoms with van der Waals surface area (Å²) >= 11 is 7.35. The molecule has 0 bridgehead atoms. The van der Waals surface area contributed by atoms with Gasteiger partial charge in [-0.1, -0.05) is 22.9 Å². The quantitative estimate of drug-likeness (QED) is 0.842. The van der Waals surface area contributed by atoms with E-state index >= 15 is 0 Å². The molecule has 8 heteroatoms. The van der Waals surface area contributed by atoms with Gasteiger partial charge in [-0.15, -0.1) is 0 Å². The lowest BCUT2D eigenvalue weighted by Crippen LogP contribution is -2.03. The molecule has 0 saturated heterocycles. The smallest absolute Gasteiger partial charge is 0.350 e. The summed E-state index contributed by atoms with van der Waals surface area (Å²) in [6, 6.07) is 0.215. The lowest BCUT2D eigenvalue weighted by molar-refractivity contribution is 0.0531. The number of nitrogens with two attached hydrogens (primary N) is 1. The van der Waals surface area contributed by atoms with Crippen molar-refractivity contribution in [1.29, 1.82) is 0 Å². The fraction of sp³-hybridized carbons (Fsp3) is 0.357. The van der Waals surface area contributed by atoms with Gasteiger partial charge in [-0.05, 0) is 32.9 Å². The van der Waals surface area contributed by atoms with Crippen LogP contribution < -0.4 is 5.73 Å². The number of rotatable bonds is 5. The lowest BCUT2D eigenvalue weighted by atomic mass is 10.3. The number of hydrogen-bond donors (Lipinski definition) is 1. The van der Waals surface area contributed by atoms with Crippen molar-refractivity contribution in [2.45, 2.75) is 26.8 Å². The molecule has 0 spiro atoms. The van der Waals surface area contributed by atoms with Crippen molar-refractivity contribution in [2.24, 2.45) is 0 Å². The molecule has 22 heavy (non-hydrogen) atoms. The normalized spacial score (nSPS) is 11.5. The maximum absolute atomic E-state index is 11.9. The summed E-state index contributed by atoms with van der Waals surface area (Å²) in [6.07, 6.45) is 5.05. The number of aromatic nitrogens is 3. The minimum atomic E-state index is -0.435. The summed E-state index contributed by atoms with van der Waals surface area (Å²) in [5.41, 5.74) is 6.74. The van der Waals surface area contributed by atoms with Gasteiger partial charge >= 0.3 is 5.97 Å². The monoisotopic (exact) mass is 340 g/mol. The van der Waals surface area contributed by atoms with E-state index in [1.807, 2.05) is 18.4 Å². The molecule has 0 aliphatic carbocycles. The van der Waals surface area contributed by atoms with E-state index in [0.29, 0.717) is 33.2 Å². The molecule has 2 N–H and O–H groups in total. The second kappa shape index (κ2) is 6.93. The molecule has 0 atom stereocenters. The van der Waals surface area contributed by atoms with Crippen molar-refractivity contribution >= 4 is 46.2 Å². The molecule has 0 amide bonds. The van der Waals surface area contributed by atoms with E-state index in [2.05, 4.69) is 9.97 Å². The van der Waals surface area contributed by atoms with Crippen LogP contribution in [0.2, 0.25) is 5.15 Å². The number of halogens is 1. The molecule has 0 saturated carbocycles. The zero-order valence-corrected chi connectivity index (χ0v) is 14.1. The Hall–Kier alpha value is -1.86. The Bertz CT molecular complexity index is 706. The minimum Gasteiger partial charge on any atom is -0.462 e. The second-order valence-electron chi connectivity index (χ2n) is 4.74. The van der Waals surface area contributed by atoms with Crippen molar-refractivity contribution in [3.8, 4) is 0 Å². The third-order valence-electron chi connectivity index (χ3n) is 2.85. The highest BCUT2D eigenvalue weighted by Gasteiger charge is 2.17. The standard InChI is InChI=1S/C14H17ClN4O2S/c1-4-21-13(20)11-9(18-14(16)22-11)5-6-10-12(15)19(7-17-10)8(2)3/h5-8H,4H2,1-3H3,(H2,16,18)/b6-5+. The molecule has 0 aromatic carbocycles. The first-order valence-corrected chi connectivity index (χ1v) is 7.97. The molecule has 2 aromatic heterocycles. The summed E-state index contributed by atoms with van der Waals surface area (Å²) in [5.74, 6) is -0.435. The average Bonchev–Trinajstić information content (AvgIpc) is 3.00. The van der Waals surface area contributed by atoms with Crippen LogP contribution in [-0.4, -0.2) is 27.1 Å². The number of esters is 1. The largest absolute Gasteiger partial charge is 0.462 e. The Balaban J connectivity index is 2.29. The number of carbonyl (C=O) groups is 1. The van der Waals surface area contributed by atoms with Gasteiger partial charge in [0.25, 0.3) is 0 Å². The van der Waals surface area contributed by atoms with Crippen molar-refractivity contribution in [1.82, 2.24) is 14.5 Å². The van der Waals surface area contributed by atoms with E-state index < -0.39 is 5.97 Å². The molecule has 118 valence electrons. The van der Waals surface area contributed by atoms with E-state index in [1.165, 1.54) is 0 Å². The van der Waals surface area contributed by atoms with Gasteiger partial charge in [0.1, 0.15) is 15.7 Å². The third-order valence-corrected chi connectivity index (χ3v) is 4.11. The first-order valence-electron chi connectivity index (χ1n) is 6.77. The minimum absolute atomic E-state index is 0.215. The molecule has 6 nitrogen and oxygen atoms in total. The number of carbonyl (C=O) groups excluding carboxylic acids is 1. The fourth-order valence-corrected chi connectivity index (χ4v) is 2.86. The van der Waals surface area contributed by atoms with Crippen LogP contribution in [0.15, 0.2) is 6.33 Å². The van der Waals surface area contributed by atoms with Crippen LogP contribution in [-0.2, 0) is 4.74 Å². The van der Waals surface area contributed by atoms with Gasteiger partial charge in [0, 0.05) is 6.04 Å². The van der Waals surface area contributed by atoms with Crippen molar-refractivity contribution in [2.75, 3.05) is 12.3 Å². The molecular formula is C14H17ClN4O2S. The Morgan fingerprint density at radius 1 is 1.50 bits per heavy atom. The van der Waals surface area contributed by atoms with Gasteiger partial charge in [-0.2, -0.15) is 0 Å². The number of thiazole rings is 1. The second-order valence-corrected chi connectivity index (χ2v) is 6.13. The molecule has 2 aromatic rings. The van der Waals surface area contributed by atoms with Crippen LogP contribution in [0.1, 0.15) is 47.9 Å². The molecule has 0 aliphatic heterocycles. The number of anilines is 1. The van der Waals surface area contributed by atoms with E-state index in [4.69, 9.17) is 22.1 Å². The van der Waals surface area contributed by atoms with Gasteiger partial charge in [0.2, 0.25) is 0 Å². The Morgan fingerprint density at radius 2 is 2.18 bits per heavy atom. The molecular weight excluding hydrogens is 324 g/mol. The van der Waals surface area contributed by atoms with Gasteiger partial charge < -0.3 is 15.0 Å². The van der Waals surface area contributed by atoms with E-state index in [9.17, 15) is 4.79 Å². The van der Waals surface area contributed by atoms with Crippen LogP contribution in [0, 0.1) is 0 Å². The van der Waals surface area contributed by atoms with E-state index in [-0.39, 0.29) is 6.04 Å². The van der Waals surface area contributed by atoms with Gasteiger partial charge in [0.05, 0.1) is 18.6 Å². The third kappa shape index (κ3) is 3.48. The Morgan fingerprint density at radius 3 is 2.77 bits per heavy atom. The number of imidazole rings is 1. The topological polar surface area (TPSA) is 83.0 Å². The zero-order chi connectivity index (χ0) is 16.3. The molecule has 2 heterocycles. The number of nitrogens with zero attached hydrogens (tertiary/aromatic N) is 3. The summed E-state index contributed by atoms with van der Waals surface area (Å²) in [4.78, 5) is 20.6. The van der Waals surface area contributed by atoms with Gasteiger partial charge in [-0.25, -0.2) is 14.8 Å². The molecule has 0 aliphatic rings. The molecule has 0 unspecified atom stereocenters. The highest BCUT2D eigenvalue weighted by Crippen LogP contribution is 2.25. The summed E-state index contributed by atoms with van der Waals surface area (Å²) in [7, 11) is 0. The van der Waals surface area contributed by atoms with Crippen molar-refractivity contribution < 1.29 is 9.53 Å². The van der Waals surface area contributed by atoms with Gasteiger partial charge in [-0.3, -0.25) is 0 Å². The lowest BCUT2D eigenvalue weighted by Gasteiger charge is -2.06. The zero-order valence-electron chi connectivity index (χ0n) is 12.5. The van der Waals surface area contributed by atoms with Crippen molar-refractivity contribution in [3.05, 3.63) is 27.7 Å². The summed E-state index contributed by atoms with van der Waals surface area (Å²) in [6.45, 7) is 6.07.